The number of aryl methyl sites for hydroxylation is 2. The second kappa shape index (κ2) is 7.57. The number of carbonyl (C=O) groups excluding carboxylic acids is 2. The minimum Gasteiger partial charge on any atom is -0.464 e. The Morgan fingerprint density at radius 2 is 2.04 bits per heavy atom. The lowest BCUT2D eigenvalue weighted by molar-refractivity contribution is -0.142. The van der Waals surface area contributed by atoms with Gasteiger partial charge in [-0.3, -0.25) is 14.2 Å². The molecule has 0 spiro atoms. The first-order chi connectivity index (χ1) is 13.1. The number of methoxy groups -OCH3 is 1. The van der Waals surface area contributed by atoms with Crippen LogP contribution in [0.5, 0.6) is 0 Å². The van der Waals surface area contributed by atoms with E-state index in [1.807, 2.05) is 0 Å². The number of nitrogens with one attached hydrogen (secondary N) is 1. The highest BCUT2D eigenvalue weighted by Gasteiger charge is 2.41. The molecule has 152 valence electrons. The molecule has 2 heterocycles. The van der Waals surface area contributed by atoms with E-state index in [4.69, 9.17) is 0 Å². The highest BCUT2D eigenvalue weighted by Crippen LogP contribution is 2.47. The van der Waals surface area contributed by atoms with Crippen LogP contribution in [0.25, 0.3) is 0 Å². The van der Waals surface area contributed by atoms with Gasteiger partial charge in [0.2, 0.25) is 5.91 Å². The zero-order chi connectivity index (χ0) is 20.6. The van der Waals surface area contributed by atoms with Gasteiger partial charge in [-0.2, -0.15) is 23.4 Å². The first-order valence-corrected chi connectivity index (χ1v) is 9.16. The number of aromatic nitrogens is 4. The summed E-state index contributed by atoms with van der Waals surface area (Å²) >= 11 is 3.01. The van der Waals surface area contributed by atoms with E-state index in [0.717, 1.165) is 12.8 Å². The van der Waals surface area contributed by atoms with E-state index in [-0.39, 0.29) is 34.7 Å². The summed E-state index contributed by atoms with van der Waals surface area (Å²) in [5.41, 5.74) is -0.426. The van der Waals surface area contributed by atoms with Crippen LogP contribution < -0.4 is 5.32 Å². The quantitative estimate of drug-likeness (QED) is 0.664. The Morgan fingerprint density at radius 1 is 1.36 bits per heavy atom. The fourth-order valence-corrected chi connectivity index (χ4v) is 3.63. The molecule has 1 amide bonds. The average molecular weight is 464 g/mol. The molecular formula is C16H17BrF3N5O3. The molecule has 0 radical (unpaired) electrons. The number of amides is 1. The zero-order valence-electron chi connectivity index (χ0n) is 15.0. The average Bonchev–Trinajstić information content (AvgIpc) is 3.29. The molecule has 0 aliphatic heterocycles. The third-order valence-corrected chi connectivity index (χ3v) is 4.98. The van der Waals surface area contributed by atoms with E-state index < -0.39 is 23.7 Å². The highest BCUT2D eigenvalue weighted by molar-refractivity contribution is 9.10. The van der Waals surface area contributed by atoms with Crippen molar-refractivity contribution in [2.75, 3.05) is 12.4 Å². The standard InChI is InChI=1S/C16H17BrF3N5O3/c1-24-7-9(12(22-24)15(27)28-2)21-10(26)5-6-25-13(8-3-4-8)11(17)14(23-25)16(18,19)20/h7-8H,3-6H2,1-2H3,(H,21,26). The second-order valence-corrected chi connectivity index (χ2v) is 7.19. The molecule has 0 saturated heterocycles. The molecule has 28 heavy (non-hydrogen) atoms. The van der Waals surface area contributed by atoms with Crippen LogP contribution in [0.15, 0.2) is 10.7 Å². The van der Waals surface area contributed by atoms with Crippen molar-refractivity contribution in [3.63, 3.8) is 0 Å². The molecule has 0 bridgehead atoms. The number of hydrogen-bond donors (Lipinski definition) is 1. The van der Waals surface area contributed by atoms with Gasteiger partial charge in [0.05, 0.1) is 29.5 Å². The second-order valence-electron chi connectivity index (χ2n) is 6.40. The van der Waals surface area contributed by atoms with Crippen molar-refractivity contribution < 1.29 is 27.5 Å². The van der Waals surface area contributed by atoms with Crippen LogP contribution in [0.4, 0.5) is 18.9 Å². The number of alkyl halides is 3. The monoisotopic (exact) mass is 463 g/mol. The van der Waals surface area contributed by atoms with E-state index in [1.54, 1.807) is 7.05 Å². The van der Waals surface area contributed by atoms with E-state index >= 15 is 0 Å². The molecular weight excluding hydrogens is 447 g/mol. The summed E-state index contributed by atoms with van der Waals surface area (Å²) in [6.45, 7) is -0.0276. The molecule has 8 nitrogen and oxygen atoms in total. The summed E-state index contributed by atoms with van der Waals surface area (Å²) in [6.07, 6.45) is -1.70. The minimum atomic E-state index is -4.58. The molecule has 2 aromatic rings. The molecule has 1 aliphatic carbocycles. The van der Waals surface area contributed by atoms with Gasteiger partial charge in [-0.15, -0.1) is 0 Å². The van der Waals surface area contributed by atoms with Gasteiger partial charge in [0, 0.05) is 25.6 Å². The summed E-state index contributed by atoms with van der Waals surface area (Å²) in [6, 6.07) is 0. The van der Waals surface area contributed by atoms with E-state index in [2.05, 4.69) is 36.2 Å². The van der Waals surface area contributed by atoms with Gasteiger partial charge in [-0.1, -0.05) is 0 Å². The van der Waals surface area contributed by atoms with Crippen LogP contribution in [0.2, 0.25) is 0 Å². The van der Waals surface area contributed by atoms with Crippen LogP contribution in [-0.4, -0.2) is 38.5 Å². The maximum Gasteiger partial charge on any atom is 0.436 e. The fraction of sp³-hybridized carbons (Fsp3) is 0.500. The zero-order valence-corrected chi connectivity index (χ0v) is 16.6. The number of hydrogen-bond acceptors (Lipinski definition) is 5. The molecule has 0 atom stereocenters. The number of carbonyl (C=O) groups is 2. The normalized spacial score (nSPS) is 14.2. The van der Waals surface area contributed by atoms with Gasteiger partial charge in [-0.05, 0) is 28.8 Å². The predicted octanol–water partition coefficient (Wildman–Crippen LogP) is 3.09. The molecule has 1 aliphatic rings. The Hall–Kier alpha value is -2.37. The first kappa shape index (κ1) is 20.4. The first-order valence-electron chi connectivity index (χ1n) is 8.37. The minimum absolute atomic E-state index is 0.00490. The molecule has 1 N–H and O–H groups in total. The largest absolute Gasteiger partial charge is 0.464 e. The van der Waals surface area contributed by atoms with Crippen molar-refractivity contribution in [2.45, 2.75) is 37.9 Å². The lowest BCUT2D eigenvalue weighted by Crippen LogP contribution is -2.18. The Labute approximate surface area is 166 Å². The lowest BCUT2D eigenvalue weighted by Gasteiger charge is -2.08. The van der Waals surface area contributed by atoms with Crippen molar-refractivity contribution in [2.24, 2.45) is 7.05 Å². The van der Waals surface area contributed by atoms with Gasteiger partial charge >= 0.3 is 12.1 Å². The SMILES string of the molecule is COC(=O)c1nn(C)cc1NC(=O)CCn1nc(C(F)(F)F)c(Br)c1C1CC1. The van der Waals surface area contributed by atoms with Crippen LogP contribution in [0.1, 0.15) is 47.1 Å². The van der Waals surface area contributed by atoms with Crippen LogP contribution in [0.3, 0.4) is 0 Å². The molecule has 12 heteroatoms. The van der Waals surface area contributed by atoms with Gasteiger partial charge < -0.3 is 10.1 Å². The molecule has 2 aromatic heterocycles. The number of ether oxygens (including phenoxy) is 1. The third-order valence-electron chi connectivity index (χ3n) is 4.20. The third kappa shape index (κ3) is 4.21. The molecule has 3 rings (SSSR count). The predicted molar refractivity (Wildman–Crippen MR) is 94.7 cm³/mol. The van der Waals surface area contributed by atoms with Crippen LogP contribution in [-0.2, 0) is 29.3 Å². The maximum absolute atomic E-state index is 13.1. The van der Waals surface area contributed by atoms with Crippen molar-refractivity contribution in [1.29, 1.82) is 0 Å². The molecule has 1 fully saturated rings. The summed E-state index contributed by atoms with van der Waals surface area (Å²) in [7, 11) is 2.76. The molecule has 0 unspecified atom stereocenters. The number of esters is 1. The summed E-state index contributed by atoms with van der Waals surface area (Å²) in [4.78, 5) is 24.0. The topological polar surface area (TPSA) is 91.0 Å². The number of anilines is 1. The van der Waals surface area contributed by atoms with Crippen molar-refractivity contribution in [3.05, 3.63) is 27.8 Å². The molecule has 1 saturated carbocycles. The Morgan fingerprint density at radius 3 is 2.61 bits per heavy atom. The molecule has 0 aromatic carbocycles. The Balaban J connectivity index is 1.73. The summed E-state index contributed by atoms with van der Waals surface area (Å²) in [5, 5.41) is 10.1. The van der Waals surface area contributed by atoms with Gasteiger partial charge in [0.1, 0.15) is 0 Å². The van der Waals surface area contributed by atoms with E-state index in [1.165, 1.54) is 22.7 Å². The van der Waals surface area contributed by atoms with Crippen LogP contribution >= 0.6 is 15.9 Å². The van der Waals surface area contributed by atoms with E-state index in [9.17, 15) is 22.8 Å². The van der Waals surface area contributed by atoms with Crippen molar-refractivity contribution >= 4 is 33.5 Å². The summed E-state index contributed by atoms with van der Waals surface area (Å²) < 4.78 is 46.5. The smallest absolute Gasteiger partial charge is 0.436 e. The van der Waals surface area contributed by atoms with Gasteiger partial charge in [0.15, 0.2) is 11.4 Å². The number of rotatable bonds is 6. The van der Waals surface area contributed by atoms with E-state index in [0.29, 0.717) is 5.69 Å². The van der Waals surface area contributed by atoms with Crippen LogP contribution in [0, 0.1) is 0 Å². The van der Waals surface area contributed by atoms with Crippen molar-refractivity contribution in [3.8, 4) is 0 Å². The Bertz CT molecular complexity index is 918. The maximum atomic E-state index is 13.1. The lowest BCUT2D eigenvalue weighted by atomic mass is 10.2. The highest BCUT2D eigenvalue weighted by atomic mass is 79.9. The van der Waals surface area contributed by atoms with Crippen molar-refractivity contribution in [1.82, 2.24) is 19.6 Å². The number of halogens is 4. The van der Waals surface area contributed by atoms with Gasteiger partial charge in [0.25, 0.3) is 0 Å². The number of nitrogens with zero attached hydrogens (tertiary/aromatic N) is 4. The summed E-state index contributed by atoms with van der Waals surface area (Å²) in [5.74, 6) is -1.19. The fourth-order valence-electron chi connectivity index (χ4n) is 2.80. The Kier molecular flexibility index (Phi) is 5.50. The van der Waals surface area contributed by atoms with Gasteiger partial charge in [-0.25, -0.2) is 4.79 Å².